The molecule has 1 aliphatic heterocycles. The minimum atomic E-state index is -5.59. The Kier molecular flexibility index (Phi) is 6.06. The molecule has 9 nitrogen and oxygen atoms in total. The van der Waals surface area contributed by atoms with Crippen LogP contribution in [0.4, 0.5) is 32.4 Å². The summed E-state index contributed by atoms with van der Waals surface area (Å²) < 4.78 is 71.6. The summed E-state index contributed by atoms with van der Waals surface area (Å²) in [5.41, 5.74) is -5.60. The fourth-order valence-electron chi connectivity index (χ4n) is 3.27. The number of nitrogens with one attached hydrogen (secondary N) is 2. The Bertz CT molecular complexity index is 1050. The Morgan fingerprint density at radius 2 is 2.00 bits per heavy atom. The van der Waals surface area contributed by atoms with Crippen molar-refractivity contribution in [1.82, 2.24) is 10.6 Å². The van der Waals surface area contributed by atoms with Crippen LogP contribution < -0.4 is 15.4 Å². The lowest BCUT2D eigenvalue weighted by molar-refractivity contribution is -0.385. The van der Waals surface area contributed by atoms with E-state index in [1.165, 1.54) is 16.8 Å². The zero-order chi connectivity index (χ0) is 23.8. The van der Waals surface area contributed by atoms with E-state index >= 15 is 0 Å². The first-order valence-electron chi connectivity index (χ1n) is 8.54. The molecular weight excluding hydrogens is 469 g/mol. The lowest BCUT2D eigenvalue weighted by Crippen LogP contribution is -2.72. The highest BCUT2D eigenvalue weighted by Gasteiger charge is 2.66. The predicted octanol–water partition coefficient (Wildman–Crippen LogP) is 3.36. The van der Waals surface area contributed by atoms with Crippen LogP contribution in [0, 0.1) is 16.0 Å². The quantitative estimate of drug-likeness (QED) is 0.251. The highest BCUT2D eigenvalue weighted by molar-refractivity contribution is 7.12. The highest BCUT2D eigenvalue weighted by atomic mass is 32.1. The number of benzene rings is 1. The smallest absolute Gasteiger partial charge is 0.434 e. The molecule has 2 heterocycles. The van der Waals surface area contributed by atoms with E-state index in [2.05, 4.69) is 4.74 Å². The van der Waals surface area contributed by atoms with E-state index in [9.17, 15) is 46.8 Å². The molecule has 172 valence electrons. The van der Waals surface area contributed by atoms with Gasteiger partial charge in [0.15, 0.2) is 5.78 Å². The Hall–Kier alpha value is -3.33. The molecule has 2 amide bonds. The van der Waals surface area contributed by atoms with Crippen molar-refractivity contribution in [3.05, 3.63) is 56.3 Å². The minimum Gasteiger partial charge on any atom is -0.434 e. The molecule has 0 saturated carbocycles. The molecule has 1 aromatic heterocycles. The third kappa shape index (κ3) is 4.20. The fourth-order valence-corrected chi connectivity index (χ4v) is 3.97. The largest absolute Gasteiger partial charge is 0.437 e. The molecule has 0 spiro atoms. The molecule has 0 unspecified atom stereocenters. The summed E-state index contributed by atoms with van der Waals surface area (Å²) in [5.74, 6) is -4.68. The van der Waals surface area contributed by atoms with Gasteiger partial charge in [-0.25, -0.2) is 4.79 Å². The number of amides is 2. The van der Waals surface area contributed by atoms with Gasteiger partial charge in [0.25, 0.3) is 5.69 Å². The van der Waals surface area contributed by atoms with Crippen molar-refractivity contribution in [1.29, 1.82) is 0 Å². The van der Waals surface area contributed by atoms with Crippen LogP contribution in [0.3, 0.4) is 0 Å². The second kappa shape index (κ2) is 8.31. The summed E-state index contributed by atoms with van der Waals surface area (Å²) in [4.78, 5) is 34.9. The number of Topliss-reactive ketones (excluding diaryl/α,β-unsaturated/α-hetero) is 1. The predicted molar refractivity (Wildman–Crippen MR) is 97.3 cm³/mol. The minimum absolute atomic E-state index is 0.248. The van der Waals surface area contributed by atoms with E-state index in [4.69, 9.17) is 0 Å². The van der Waals surface area contributed by atoms with Crippen molar-refractivity contribution in [2.75, 3.05) is 0 Å². The van der Waals surface area contributed by atoms with E-state index in [0.717, 1.165) is 23.5 Å². The van der Waals surface area contributed by atoms with E-state index in [-0.39, 0.29) is 4.88 Å². The maximum atomic E-state index is 13.9. The molecule has 1 fully saturated rings. The molecule has 2 aromatic rings. The molecule has 1 saturated heterocycles. The topological polar surface area (TPSA) is 131 Å². The number of carbonyl (C=O) groups excluding carboxylic acids is 2. The summed E-state index contributed by atoms with van der Waals surface area (Å²) >= 11 is 0.729. The number of ether oxygens (including phenoxy) is 1. The second-order valence-electron chi connectivity index (χ2n) is 6.52. The maximum Gasteiger partial charge on any atom is 0.437 e. The van der Waals surface area contributed by atoms with Crippen LogP contribution in [0.5, 0.6) is 5.75 Å². The van der Waals surface area contributed by atoms with Gasteiger partial charge in [-0.2, -0.15) is 22.0 Å². The van der Waals surface area contributed by atoms with Gasteiger partial charge in [0.05, 0.1) is 15.8 Å². The summed E-state index contributed by atoms with van der Waals surface area (Å²) in [6, 6.07) is 0.787. The van der Waals surface area contributed by atoms with Crippen LogP contribution in [-0.4, -0.2) is 40.4 Å². The Balaban J connectivity index is 2.26. The lowest BCUT2D eigenvalue weighted by atomic mass is 9.78. The molecular formula is C17H12F5N3O6S. The molecule has 0 bridgehead atoms. The van der Waals surface area contributed by atoms with Crippen LogP contribution >= 0.6 is 11.3 Å². The Morgan fingerprint density at radius 3 is 2.53 bits per heavy atom. The number of thiophene rings is 1. The lowest BCUT2D eigenvalue weighted by Gasteiger charge is -2.45. The number of nitro benzene ring substituents is 1. The first-order chi connectivity index (χ1) is 14.8. The van der Waals surface area contributed by atoms with Gasteiger partial charge < -0.3 is 20.5 Å². The molecule has 1 aliphatic rings. The molecule has 0 radical (unpaired) electrons. The highest BCUT2D eigenvalue weighted by Crippen LogP contribution is 2.46. The van der Waals surface area contributed by atoms with Crippen LogP contribution in [0.25, 0.3) is 0 Å². The third-order valence-corrected chi connectivity index (χ3v) is 5.49. The van der Waals surface area contributed by atoms with Gasteiger partial charge in [-0.1, -0.05) is 6.07 Å². The number of nitro groups is 1. The summed E-state index contributed by atoms with van der Waals surface area (Å²) in [6.45, 7) is -3.49. The number of ketones is 1. The summed E-state index contributed by atoms with van der Waals surface area (Å²) in [7, 11) is 0. The molecule has 3 rings (SSSR count). The van der Waals surface area contributed by atoms with Crippen LogP contribution in [0.2, 0.25) is 0 Å². The zero-order valence-corrected chi connectivity index (χ0v) is 16.2. The number of non-ortho nitro benzene ring substituents is 1. The molecule has 3 N–H and O–H groups in total. The average Bonchev–Trinajstić information content (AvgIpc) is 3.20. The van der Waals surface area contributed by atoms with Crippen molar-refractivity contribution in [3.8, 4) is 5.75 Å². The van der Waals surface area contributed by atoms with E-state index in [0.29, 0.717) is 12.1 Å². The number of carbonyl (C=O) groups is 2. The fraction of sp³-hybridized carbons (Fsp3) is 0.294. The molecule has 15 heteroatoms. The number of alkyl halides is 5. The van der Waals surface area contributed by atoms with Gasteiger partial charge in [0, 0.05) is 17.7 Å². The van der Waals surface area contributed by atoms with Gasteiger partial charge in [-0.3, -0.25) is 14.9 Å². The van der Waals surface area contributed by atoms with Crippen LogP contribution in [0.1, 0.15) is 21.3 Å². The summed E-state index contributed by atoms with van der Waals surface area (Å²) in [6.07, 6.45) is -5.59. The average molecular weight is 481 g/mol. The SMILES string of the molecule is O=C1N[C@@H](c2cc([N+](=O)[O-])ccc2OC(F)F)[C@H](C(=O)c2cccs2)[C@](O)(C(F)(F)F)N1. The van der Waals surface area contributed by atoms with Crippen molar-refractivity contribution >= 4 is 28.8 Å². The first-order valence-corrected chi connectivity index (χ1v) is 9.41. The number of hydrogen-bond acceptors (Lipinski definition) is 7. The monoisotopic (exact) mass is 481 g/mol. The zero-order valence-electron chi connectivity index (χ0n) is 15.4. The number of nitrogens with zero attached hydrogens (tertiary/aromatic N) is 1. The standard InChI is InChI=1S/C17H12F5N3O6S/c18-14(19)31-9-4-3-7(25(29)30)6-8(9)12-11(13(26)10-2-1-5-32-10)16(28,17(20,21)22)24-15(27)23-12/h1-6,11-12,14,28H,(H2,23,24,27)/t11-,12+,16+/m1/s1. The Morgan fingerprint density at radius 1 is 1.31 bits per heavy atom. The van der Waals surface area contributed by atoms with Gasteiger partial charge in [0.2, 0.25) is 5.72 Å². The van der Waals surface area contributed by atoms with Crippen molar-refractivity contribution in [2.45, 2.75) is 24.6 Å². The van der Waals surface area contributed by atoms with Gasteiger partial charge in [0.1, 0.15) is 11.7 Å². The first kappa shape index (κ1) is 23.3. The van der Waals surface area contributed by atoms with Gasteiger partial charge in [-0.15, -0.1) is 11.3 Å². The number of halogens is 5. The van der Waals surface area contributed by atoms with E-state index < -0.39 is 64.2 Å². The molecule has 3 atom stereocenters. The summed E-state index contributed by atoms with van der Waals surface area (Å²) in [5, 5.41) is 26.2. The molecule has 32 heavy (non-hydrogen) atoms. The molecule has 0 aliphatic carbocycles. The maximum absolute atomic E-state index is 13.9. The third-order valence-electron chi connectivity index (χ3n) is 4.61. The van der Waals surface area contributed by atoms with Crippen molar-refractivity contribution in [2.24, 2.45) is 5.92 Å². The van der Waals surface area contributed by atoms with Crippen molar-refractivity contribution in [3.63, 3.8) is 0 Å². The van der Waals surface area contributed by atoms with Crippen molar-refractivity contribution < 1.29 is 46.3 Å². The number of hydrogen-bond donors (Lipinski definition) is 3. The van der Waals surface area contributed by atoms with E-state index in [1.54, 1.807) is 0 Å². The van der Waals surface area contributed by atoms with Crippen LogP contribution in [0.15, 0.2) is 35.7 Å². The van der Waals surface area contributed by atoms with Gasteiger partial charge >= 0.3 is 18.8 Å². The van der Waals surface area contributed by atoms with E-state index in [1.807, 2.05) is 5.32 Å². The number of aliphatic hydroxyl groups is 1. The normalized spacial score (nSPS) is 23.4. The Labute approximate surface area is 178 Å². The number of urea groups is 1. The van der Waals surface area contributed by atoms with Crippen LogP contribution in [-0.2, 0) is 0 Å². The van der Waals surface area contributed by atoms with Gasteiger partial charge in [-0.05, 0) is 17.5 Å². The molecule has 1 aromatic carbocycles. The number of rotatable bonds is 6. The second-order valence-corrected chi connectivity index (χ2v) is 7.46.